The Morgan fingerprint density at radius 1 is 1.24 bits per heavy atom. The number of methoxy groups -OCH3 is 1. The van der Waals surface area contributed by atoms with Gasteiger partial charge in [-0.3, -0.25) is 4.79 Å². The van der Waals surface area contributed by atoms with E-state index >= 15 is 0 Å². The normalized spacial score (nSPS) is 11.7. The Balaban J connectivity index is 2.93. The maximum atomic E-state index is 13.5. The molecule has 0 saturated carbocycles. The largest absolute Gasteiger partial charge is 0.469 e. The molecule has 0 saturated heterocycles. The van der Waals surface area contributed by atoms with Gasteiger partial charge in [-0.2, -0.15) is 0 Å². The molecule has 118 valence electrons. The second-order valence-corrected chi connectivity index (χ2v) is 6.19. The van der Waals surface area contributed by atoms with Crippen molar-refractivity contribution in [1.29, 1.82) is 0 Å². The van der Waals surface area contributed by atoms with E-state index in [1.54, 1.807) is 0 Å². The number of sulfonamides is 1. The predicted octanol–water partition coefficient (Wildman–Crippen LogP) is 1.68. The van der Waals surface area contributed by atoms with Crippen LogP contribution in [0.15, 0.2) is 17.0 Å². The topological polar surface area (TPSA) is 63.7 Å². The molecule has 0 fully saturated rings. The fourth-order valence-corrected chi connectivity index (χ4v) is 2.89. The van der Waals surface area contributed by atoms with E-state index in [4.69, 9.17) is 0 Å². The summed E-state index contributed by atoms with van der Waals surface area (Å²) in [5, 5.41) is 0. The maximum Gasteiger partial charge on any atom is 0.305 e. The molecule has 0 heterocycles. The lowest BCUT2D eigenvalue weighted by Gasteiger charge is -2.17. The molecule has 0 aliphatic carbocycles. The van der Waals surface area contributed by atoms with Crippen LogP contribution in [0.3, 0.4) is 0 Å². The van der Waals surface area contributed by atoms with E-state index in [-0.39, 0.29) is 31.5 Å². The molecule has 1 aromatic carbocycles. The summed E-state index contributed by atoms with van der Waals surface area (Å²) in [7, 11) is -2.16. The number of hydrogen-bond acceptors (Lipinski definition) is 4. The molecule has 0 unspecified atom stereocenters. The summed E-state index contributed by atoms with van der Waals surface area (Å²) in [5.74, 6) is -4.75. The first-order chi connectivity index (χ1) is 9.70. The summed E-state index contributed by atoms with van der Waals surface area (Å²) >= 11 is 0. The highest BCUT2D eigenvalue weighted by molar-refractivity contribution is 7.89. The van der Waals surface area contributed by atoms with E-state index in [9.17, 15) is 26.4 Å². The summed E-state index contributed by atoms with van der Waals surface area (Å²) in [6, 6.07) is 0.580. The Kier molecular flexibility index (Phi) is 5.73. The molecule has 1 aromatic rings. The SMILES string of the molecule is COC(=O)CCCN(C)S(=O)(=O)c1c(F)cc(F)cc1F. The highest BCUT2D eigenvalue weighted by atomic mass is 32.2. The van der Waals surface area contributed by atoms with Gasteiger partial charge in [0.1, 0.15) is 17.5 Å². The average molecular weight is 325 g/mol. The lowest BCUT2D eigenvalue weighted by atomic mass is 10.3. The smallest absolute Gasteiger partial charge is 0.305 e. The third kappa shape index (κ3) is 4.18. The third-order valence-corrected chi connectivity index (χ3v) is 4.62. The van der Waals surface area contributed by atoms with Crippen LogP contribution in [0, 0.1) is 17.5 Å². The summed E-state index contributed by atoms with van der Waals surface area (Å²) in [4.78, 5) is 9.69. The van der Waals surface area contributed by atoms with Gasteiger partial charge in [0.25, 0.3) is 0 Å². The van der Waals surface area contributed by atoms with Crippen LogP contribution in [0.4, 0.5) is 13.2 Å². The van der Waals surface area contributed by atoms with Crippen molar-refractivity contribution in [3.8, 4) is 0 Å². The van der Waals surface area contributed by atoms with E-state index in [0.717, 1.165) is 7.05 Å². The molecular weight excluding hydrogens is 311 g/mol. The zero-order valence-corrected chi connectivity index (χ0v) is 12.2. The average Bonchev–Trinajstić information content (AvgIpc) is 2.36. The molecule has 0 aliphatic rings. The molecule has 21 heavy (non-hydrogen) atoms. The molecule has 0 amide bonds. The monoisotopic (exact) mass is 325 g/mol. The number of hydrogen-bond donors (Lipinski definition) is 0. The van der Waals surface area contributed by atoms with Crippen LogP contribution < -0.4 is 0 Å². The van der Waals surface area contributed by atoms with Gasteiger partial charge in [0, 0.05) is 32.1 Å². The van der Waals surface area contributed by atoms with Crippen LogP contribution in [-0.4, -0.2) is 39.4 Å². The van der Waals surface area contributed by atoms with Crippen LogP contribution >= 0.6 is 0 Å². The summed E-state index contributed by atoms with van der Waals surface area (Å²) in [5.41, 5.74) is 0. The second-order valence-electron chi connectivity index (χ2n) is 4.20. The molecule has 0 aromatic heterocycles. The van der Waals surface area contributed by atoms with Crippen LogP contribution in [-0.2, 0) is 19.6 Å². The number of halogens is 3. The van der Waals surface area contributed by atoms with Crippen LogP contribution in [0.25, 0.3) is 0 Å². The lowest BCUT2D eigenvalue weighted by molar-refractivity contribution is -0.140. The molecule has 0 bridgehead atoms. The number of nitrogens with zero attached hydrogens (tertiary/aromatic N) is 1. The minimum Gasteiger partial charge on any atom is -0.469 e. The zero-order chi connectivity index (χ0) is 16.2. The van der Waals surface area contributed by atoms with Gasteiger partial charge in [-0.25, -0.2) is 25.9 Å². The minimum atomic E-state index is -4.46. The van der Waals surface area contributed by atoms with Crippen molar-refractivity contribution in [3.05, 3.63) is 29.6 Å². The third-order valence-electron chi connectivity index (χ3n) is 2.71. The van der Waals surface area contributed by atoms with Crippen molar-refractivity contribution in [2.24, 2.45) is 0 Å². The molecule has 0 radical (unpaired) electrons. The summed E-state index contributed by atoms with van der Waals surface area (Å²) in [6.07, 6.45) is 0.0809. The first kappa shape index (κ1) is 17.4. The van der Waals surface area contributed by atoms with Gasteiger partial charge in [-0.1, -0.05) is 0 Å². The van der Waals surface area contributed by atoms with Gasteiger partial charge in [0.15, 0.2) is 4.90 Å². The van der Waals surface area contributed by atoms with Crippen LogP contribution in [0.1, 0.15) is 12.8 Å². The fraction of sp³-hybridized carbons (Fsp3) is 0.417. The van der Waals surface area contributed by atoms with Gasteiger partial charge in [-0.05, 0) is 6.42 Å². The Bertz CT molecular complexity index is 610. The van der Waals surface area contributed by atoms with Gasteiger partial charge >= 0.3 is 5.97 Å². The van der Waals surface area contributed by atoms with Gasteiger partial charge < -0.3 is 4.74 Å². The molecule has 0 aliphatic heterocycles. The number of benzene rings is 1. The molecular formula is C12H14F3NO4S. The van der Waals surface area contributed by atoms with Gasteiger partial charge in [0.2, 0.25) is 10.0 Å². The van der Waals surface area contributed by atoms with Crippen molar-refractivity contribution in [1.82, 2.24) is 4.31 Å². The van der Waals surface area contributed by atoms with E-state index in [0.29, 0.717) is 4.31 Å². The molecule has 0 atom stereocenters. The molecule has 0 spiro atoms. The minimum absolute atomic E-state index is 0.0370. The first-order valence-corrected chi connectivity index (χ1v) is 7.32. The van der Waals surface area contributed by atoms with E-state index in [1.165, 1.54) is 7.11 Å². The van der Waals surface area contributed by atoms with E-state index in [2.05, 4.69) is 4.74 Å². The van der Waals surface area contributed by atoms with Gasteiger partial charge in [-0.15, -0.1) is 0 Å². The van der Waals surface area contributed by atoms with Crippen molar-refractivity contribution in [3.63, 3.8) is 0 Å². The number of rotatable bonds is 6. The molecule has 1 rings (SSSR count). The Morgan fingerprint density at radius 2 is 1.76 bits per heavy atom. The number of carbonyl (C=O) groups excluding carboxylic acids is 1. The number of ether oxygens (including phenoxy) is 1. The Morgan fingerprint density at radius 3 is 2.24 bits per heavy atom. The van der Waals surface area contributed by atoms with Crippen molar-refractivity contribution in [2.75, 3.05) is 20.7 Å². The number of carbonyl (C=O) groups is 1. The highest BCUT2D eigenvalue weighted by Crippen LogP contribution is 2.23. The first-order valence-electron chi connectivity index (χ1n) is 5.88. The Hall–Kier alpha value is -1.61. The maximum absolute atomic E-state index is 13.5. The molecule has 9 heteroatoms. The quantitative estimate of drug-likeness (QED) is 0.747. The lowest BCUT2D eigenvalue weighted by Crippen LogP contribution is -2.30. The van der Waals surface area contributed by atoms with Crippen molar-refractivity contribution in [2.45, 2.75) is 17.7 Å². The second kappa shape index (κ2) is 6.90. The van der Waals surface area contributed by atoms with Crippen LogP contribution in [0.2, 0.25) is 0 Å². The van der Waals surface area contributed by atoms with E-state index < -0.39 is 38.3 Å². The highest BCUT2D eigenvalue weighted by Gasteiger charge is 2.29. The summed E-state index contributed by atoms with van der Waals surface area (Å²) < 4.78 is 69.0. The van der Waals surface area contributed by atoms with Gasteiger partial charge in [0.05, 0.1) is 7.11 Å². The standard InChI is InChI=1S/C12H14F3NO4S/c1-16(5-3-4-11(17)20-2)21(18,19)12-9(14)6-8(13)7-10(12)15/h6-7H,3-5H2,1-2H3. The predicted molar refractivity (Wildman–Crippen MR) is 67.4 cm³/mol. The van der Waals surface area contributed by atoms with Crippen molar-refractivity contribution >= 4 is 16.0 Å². The summed E-state index contributed by atoms with van der Waals surface area (Å²) in [6.45, 7) is -0.145. The molecule has 5 nitrogen and oxygen atoms in total. The van der Waals surface area contributed by atoms with Crippen molar-refractivity contribution < 1.29 is 31.1 Å². The van der Waals surface area contributed by atoms with E-state index in [1.807, 2.05) is 0 Å². The molecule has 0 N–H and O–H groups in total. The fourth-order valence-electron chi connectivity index (χ4n) is 1.60. The zero-order valence-electron chi connectivity index (χ0n) is 11.4. The Labute approximate surface area is 120 Å². The number of esters is 1. The van der Waals surface area contributed by atoms with Crippen LogP contribution in [0.5, 0.6) is 0 Å².